The molecule has 0 saturated heterocycles. The van der Waals surface area contributed by atoms with Gasteiger partial charge in [-0.15, -0.1) is 0 Å². The van der Waals surface area contributed by atoms with E-state index in [1.165, 1.54) is 0 Å². The number of benzene rings is 8. The fourth-order valence-electron chi connectivity index (χ4n) is 7.01. The standard InChI is InChI=1S/C54H40N2O4/c1-3-53(57)59-51-35-31-49(32-36-51)55(45-23-15-41(16-24-45)39-11-7-5-8-12-39)47-27-19-43(20-28-47)44-21-29-48(30-22-44)56(50-33-37-52(38-34-50)60-54(58)4-2)46-25-17-42(18-26-46)40-13-9-6-10-14-40/h3-38H,1-2H2. The molecule has 6 nitrogen and oxygen atoms in total. The van der Waals surface area contributed by atoms with E-state index in [0.717, 1.165) is 79.7 Å². The average molecular weight is 781 g/mol. The number of hydrogen-bond acceptors (Lipinski definition) is 6. The second kappa shape index (κ2) is 17.9. The van der Waals surface area contributed by atoms with E-state index >= 15 is 0 Å². The summed E-state index contributed by atoms with van der Waals surface area (Å²) >= 11 is 0. The van der Waals surface area contributed by atoms with Gasteiger partial charge in [0, 0.05) is 46.3 Å². The van der Waals surface area contributed by atoms with Gasteiger partial charge in [-0.3, -0.25) is 0 Å². The summed E-state index contributed by atoms with van der Waals surface area (Å²) < 4.78 is 10.7. The number of ether oxygens (including phenoxy) is 2. The smallest absolute Gasteiger partial charge is 0.335 e. The molecule has 0 saturated carbocycles. The number of carbonyl (C=O) groups is 2. The summed E-state index contributed by atoms with van der Waals surface area (Å²) in [6.45, 7) is 7.00. The normalized spacial score (nSPS) is 10.6. The van der Waals surface area contributed by atoms with E-state index in [4.69, 9.17) is 9.47 Å². The highest BCUT2D eigenvalue weighted by Gasteiger charge is 2.16. The predicted molar refractivity (Wildman–Crippen MR) is 244 cm³/mol. The second-order valence-corrected chi connectivity index (χ2v) is 13.8. The Morgan fingerprint density at radius 3 is 0.767 bits per heavy atom. The van der Waals surface area contributed by atoms with Crippen LogP contribution in [0.4, 0.5) is 34.1 Å². The van der Waals surface area contributed by atoms with Gasteiger partial charge in [-0.05, 0) is 130 Å². The fourth-order valence-corrected chi connectivity index (χ4v) is 7.01. The van der Waals surface area contributed by atoms with Gasteiger partial charge in [-0.1, -0.05) is 122 Å². The zero-order valence-corrected chi connectivity index (χ0v) is 32.7. The Balaban J connectivity index is 1.09. The van der Waals surface area contributed by atoms with Crippen molar-refractivity contribution in [2.45, 2.75) is 0 Å². The molecule has 60 heavy (non-hydrogen) atoms. The molecule has 0 bridgehead atoms. The van der Waals surface area contributed by atoms with E-state index in [1.807, 2.05) is 60.7 Å². The van der Waals surface area contributed by atoms with Crippen LogP contribution in [-0.2, 0) is 9.59 Å². The molecule has 0 spiro atoms. The molecule has 0 atom stereocenters. The van der Waals surface area contributed by atoms with Crippen molar-refractivity contribution in [2.75, 3.05) is 9.80 Å². The van der Waals surface area contributed by atoms with Gasteiger partial charge in [-0.25, -0.2) is 9.59 Å². The molecule has 0 aliphatic carbocycles. The quantitative estimate of drug-likeness (QED) is 0.0660. The molecule has 8 aromatic rings. The van der Waals surface area contributed by atoms with E-state index < -0.39 is 11.9 Å². The Morgan fingerprint density at radius 1 is 0.317 bits per heavy atom. The van der Waals surface area contributed by atoms with Crippen molar-refractivity contribution < 1.29 is 19.1 Å². The third-order valence-electron chi connectivity index (χ3n) is 10.0. The van der Waals surface area contributed by atoms with Crippen molar-refractivity contribution in [3.05, 3.63) is 232 Å². The summed E-state index contributed by atoms with van der Waals surface area (Å²) in [6, 6.07) is 69.4. The zero-order valence-electron chi connectivity index (χ0n) is 32.7. The highest BCUT2D eigenvalue weighted by Crippen LogP contribution is 2.40. The highest BCUT2D eigenvalue weighted by molar-refractivity contribution is 5.85. The molecule has 0 unspecified atom stereocenters. The van der Waals surface area contributed by atoms with Crippen LogP contribution in [0.5, 0.6) is 11.5 Å². The van der Waals surface area contributed by atoms with Crippen LogP contribution >= 0.6 is 0 Å². The van der Waals surface area contributed by atoms with Crippen LogP contribution in [0.3, 0.4) is 0 Å². The van der Waals surface area contributed by atoms with Gasteiger partial charge in [0.2, 0.25) is 0 Å². The third-order valence-corrected chi connectivity index (χ3v) is 10.0. The molecule has 290 valence electrons. The van der Waals surface area contributed by atoms with E-state index in [-0.39, 0.29) is 0 Å². The van der Waals surface area contributed by atoms with E-state index in [2.05, 4.69) is 144 Å². The number of nitrogens with zero attached hydrogens (tertiary/aromatic N) is 2. The van der Waals surface area contributed by atoms with Gasteiger partial charge in [0.05, 0.1) is 0 Å². The lowest BCUT2D eigenvalue weighted by Crippen LogP contribution is -2.10. The SMILES string of the molecule is C=CC(=O)Oc1ccc(N(c2ccc(-c3ccccc3)cc2)c2ccc(-c3ccc(N(c4ccc(OC(=O)C=C)cc4)c4ccc(-c5ccccc5)cc4)cc3)cc2)cc1. The first-order chi connectivity index (χ1) is 29.4. The van der Waals surface area contributed by atoms with E-state index in [0.29, 0.717) is 11.5 Å². The molecule has 0 radical (unpaired) electrons. The largest absolute Gasteiger partial charge is 0.423 e. The van der Waals surface area contributed by atoms with Crippen molar-refractivity contribution in [3.8, 4) is 44.9 Å². The molecular weight excluding hydrogens is 741 g/mol. The maximum Gasteiger partial charge on any atom is 0.335 e. The number of rotatable bonds is 13. The lowest BCUT2D eigenvalue weighted by Gasteiger charge is -2.26. The maximum atomic E-state index is 11.9. The first kappa shape index (κ1) is 38.6. The van der Waals surface area contributed by atoms with Gasteiger partial charge >= 0.3 is 11.9 Å². The van der Waals surface area contributed by atoms with Crippen molar-refractivity contribution in [3.63, 3.8) is 0 Å². The van der Waals surface area contributed by atoms with Crippen molar-refractivity contribution in [1.82, 2.24) is 0 Å². The monoisotopic (exact) mass is 780 g/mol. The van der Waals surface area contributed by atoms with Crippen LogP contribution in [0, 0.1) is 0 Å². The molecular formula is C54H40N2O4. The van der Waals surface area contributed by atoms with Crippen molar-refractivity contribution >= 4 is 46.1 Å². The molecule has 0 N–H and O–H groups in total. The lowest BCUT2D eigenvalue weighted by atomic mass is 10.0. The second-order valence-electron chi connectivity index (χ2n) is 13.8. The molecule has 0 aliphatic rings. The molecule has 0 fully saturated rings. The summed E-state index contributed by atoms with van der Waals surface area (Å²) in [5.41, 5.74) is 12.4. The fraction of sp³-hybridized carbons (Fsp3) is 0. The summed E-state index contributed by atoms with van der Waals surface area (Å²) in [7, 11) is 0. The molecule has 0 amide bonds. The first-order valence-corrected chi connectivity index (χ1v) is 19.5. The minimum absolute atomic E-state index is 0.440. The van der Waals surface area contributed by atoms with Crippen molar-refractivity contribution in [2.24, 2.45) is 0 Å². The predicted octanol–water partition coefficient (Wildman–Crippen LogP) is 13.8. The number of esters is 2. The molecule has 0 aromatic heterocycles. The summed E-state index contributed by atoms with van der Waals surface area (Å²) in [4.78, 5) is 28.1. The van der Waals surface area contributed by atoms with Crippen LogP contribution in [0.1, 0.15) is 0 Å². The van der Waals surface area contributed by atoms with Crippen LogP contribution in [0.15, 0.2) is 232 Å². The maximum absolute atomic E-state index is 11.9. The zero-order chi connectivity index (χ0) is 41.3. The van der Waals surface area contributed by atoms with Crippen LogP contribution in [0.25, 0.3) is 33.4 Å². The number of hydrogen-bond donors (Lipinski definition) is 0. The third kappa shape index (κ3) is 8.84. The minimum Gasteiger partial charge on any atom is -0.423 e. The van der Waals surface area contributed by atoms with E-state index in [9.17, 15) is 9.59 Å². The Bertz CT molecular complexity index is 2520. The summed E-state index contributed by atoms with van der Waals surface area (Å²) in [5.74, 6) is -0.133. The molecule has 8 rings (SSSR count). The summed E-state index contributed by atoms with van der Waals surface area (Å²) in [6.07, 6.45) is 2.30. The van der Waals surface area contributed by atoms with Crippen molar-refractivity contribution in [1.29, 1.82) is 0 Å². The molecule has 0 aliphatic heterocycles. The van der Waals surface area contributed by atoms with Gasteiger partial charge in [0.15, 0.2) is 0 Å². The van der Waals surface area contributed by atoms with Gasteiger partial charge < -0.3 is 19.3 Å². The first-order valence-electron chi connectivity index (χ1n) is 19.5. The average Bonchev–Trinajstić information content (AvgIpc) is 3.32. The number of anilines is 6. The van der Waals surface area contributed by atoms with Crippen LogP contribution in [0.2, 0.25) is 0 Å². The van der Waals surface area contributed by atoms with Gasteiger partial charge in [0.1, 0.15) is 11.5 Å². The Labute approximate surface area is 350 Å². The Hall–Kier alpha value is -8.22. The van der Waals surface area contributed by atoms with Gasteiger partial charge in [-0.2, -0.15) is 0 Å². The Kier molecular flexibility index (Phi) is 11.5. The number of carbonyl (C=O) groups excluding carboxylic acids is 2. The topological polar surface area (TPSA) is 59.1 Å². The van der Waals surface area contributed by atoms with Crippen LogP contribution < -0.4 is 19.3 Å². The van der Waals surface area contributed by atoms with Gasteiger partial charge in [0.25, 0.3) is 0 Å². The summed E-state index contributed by atoms with van der Waals surface area (Å²) in [5, 5.41) is 0. The Morgan fingerprint density at radius 2 is 0.533 bits per heavy atom. The molecule has 6 heteroatoms. The van der Waals surface area contributed by atoms with Crippen LogP contribution in [-0.4, -0.2) is 11.9 Å². The molecule has 8 aromatic carbocycles. The minimum atomic E-state index is -0.507. The molecule has 0 heterocycles. The van der Waals surface area contributed by atoms with E-state index in [1.54, 1.807) is 24.3 Å². The highest BCUT2D eigenvalue weighted by atomic mass is 16.5. The lowest BCUT2D eigenvalue weighted by molar-refractivity contribution is -0.129.